The van der Waals surface area contributed by atoms with Crippen LogP contribution in [0.1, 0.15) is 12.2 Å². The Morgan fingerprint density at radius 1 is 1.23 bits per heavy atom. The quantitative estimate of drug-likeness (QED) is 0.866. The third kappa shape index (κ3) is 2.88. The van der Waals surface area contributed by atoms with E-state index in [9.17, 15) is 9.59 Å². The molecular formula is C15H13Cl2N2O3+. The minimum atomic E-state index is -0.452. The molecule has 1 unspecified atom stereocenters. The molecule has 3 rings (SSSR count). The standard InChI is InChI=1S/C15H12Cl2N2O3/c16-11-4-3-9(6-12(11)17)19-14(20)7-13(15(19)21)18-8-10-2-1-5-22-10/h1-6,13,18H,7-8H2/p+1. The Bertz CT molecular complexity index is 716. The molecule has 0 spiro atoms. The van der Waals surface area contributed by atoms with Crippen LogP contribution >= 0.6 is 23.2 Å². The Hall–Kier alpha value is -1.82. The van der Waals surface area contributed by atoms with E-state index < -0.39 is 6.04 Å². The molecule has 1 aliphatic heterocycles. The van der Waals surface area contributed by atoms with Gasteiger partial charge in [-0.25, -0.2) is 4.90 Å². The molecule has 0 saturated carbocycles. The van der Waals surface area contributed by atoms with E-state index in [0.717, 1.165) is 10.7 Å². The Morgan fingerprint density at radius 3 is 2.73 bits per heavy atom. The number of rotatable bonds is 4. The molecule has 1 atom stereocenters. The maximum atomic E-state index is 12.4. The zero-order valence-corrected chi connectivity index (χ0v) is 13.0. The highest BCUT2D eigenvalue weighted by molar-refractivity contribution is 6.42. The monoisotopic (exact) mass is 339 g/mol. The van der Waals surface area contributed by atoms with Crippen LogP contribution in [0.5, 0.6) is 0 Å². The van der Waals surface area contributed by atoms with E-state index in [2.05, 4.69) is 0 Å². The van der Waals surface area contributed by atoms with Gasteiger partial charge in [-0.1, -0.05) is 23.2 Å². The van der Waals surface area contributed by atoms with Crippen molar-refractivity contribution < 1.29 is 19.3 Å². The third-order valence-electron chi connectivity index (χ3n) is 3.53. The molecule has 0 radical (unpaired) electrons. The number of nitrogens with two attached hydrogens (primary N) is 1. The predicted molar refractivity (Wildman–Crippen MR) is 81.7 cm³/mol. The second-order valence-corrected chi connectivity index (χ2v) is 5.81. The summed E-state index contributed by atoms with van der Waals surface area (Å²) in [5.74, 6) is 0.257. The van der Waals surface area contributed by atoms with Gasteiger partial charge in [0.05, 0.1) is 28.4 Å². The van der Waals surface area contributed by atoms with E-state index in [-0.39, 0.29) is 18.2 Å². The van der Waals surface area contributed by atoms with E-state index in [4.69, 9.17) is 27.6 Å². The van der Waals surface area contributed by atoms with Crippen molar-refractivity contribution in [2.75, 3.05) is 4.90 Å². The highest BCUT2D eigenvalue weighted by atomic mass is 35.5. The van der Waals surface area contributed by atoms with Crippen LogP contribution in [-0.4, -0.2) is 17.9 Å². The molecule has 2 heterocycles. The first-order chi connectivity index (χ1) is 10.6. The number of nitrogens with zero attached hydrogens (tertiary/aromatic N) is 1. The first kappa shape index (κ1) is 15.1. The lowest BCUT2D eigenvalue weighted by molar-refractivity contribution is -0.691. The van der Waals surface area contributed by atoms with Crippen LogP contribution < -0.4 is 10.2 Å². The number of quaternary nitrogens is 1. The molecular weight excluding hydrogens is 327 g/mol. The lowest BCUT2D eigenvalue weighted by Crippen LogP contribution is -2.90. The van der Waals surface area contributed by atoms with Crippen molar-refractivity contribution in [1.29, 1.82) is 0 Å². The fourth-order valence-corrected chi connectivity index (χ4v) is 2.71. The second-order valence-electron chi connectivity index (χ2n) is 5.00. The summed E-state index contributed by atoms with van der Waals surface area (Å²) in [5, 5.41) is 2.49. The number of halogens is 2. The van der Waals surface area contributed by atoms with Crippen LogP contribution in [0.25, 0.3) is 0 Å². The second kappa shape index (κ2) is 6.12. The topological polar surface area (TPSA) is 67.1 Å². The highest BCUT2D eigenvalue weighted by Gasteiger charge is 2.42. The third-order valence-corrected chi connectivity index (χ3v) is 4.27. The minimum Gasteiger partial charge on any atom is -0.463 e. The van der Waals surface area contributed by atoms with Crippen molar-refractivity contribution in [1.82, 2.24) is 0 Å². The van der Waals surface area contributed by atoms with Gasteiger partial charge in [0, 0.05) is 0 Å². The molecule has 1 aromatic carbocycles. The predicted octanol–water partition coefficient (Wildman–Crippen LogP) is 1.98. The van der Waals surface area contributed by atoms with Gasteiger partial charge >= 0.3 is 0 Å². The molecule has 1 aromatic heterocycles. The molecule has 2 amide bonds. The largest absolute Gasteiger partial charge is 0.463 e. The summed E-state index contributed by atoms with van der Waals surface area (Å²) in [6, 6.07) is 7.86. The van der Waals surface area contributed by atoms with Crippen molar-refractivity contribution in [3.8, 4) is 0 Å². The maximum absolute atomic E-state index is 12.4. The Kier molecular flexibility index (Phi) is 4.20. The average molecular weight is 340 g/mol. The highest BCUT2D eigenvalue weighted by Crippen LogP contribution is 2.29. The zero-order valence-electron chi connectivity index (χ0n) is 11.5. The van der Waals surface area contributed by atoms with Gasteiger partial charge in [-0.2, -0.15) is 0 Å². The number of furan rings is 1. The van der Waals surface area contributed by atoms with Gasteiger partial charge in [0.1, 0.15) is 6.54 Å². The summed E-state index contributed by atoms with van der Waals surface area (Å²) in [7, 11) is 0. The van der Waals surface area contributed by atoms with Crippen LogP contribution in [0.2, 0.25) is 10.0 Å². The van der Waals surface area contributed by atoms with Crippen LogP contribution in [0.4, 0.5) is 5.69 Å². The minimum absolute atomic E-state index is 0.153. The first-order valence-electron chi connectivity index (χ1n) is 6.74. The van der Waals surface area contributed by atoms with Crippen LogP contribution in [0, 0.1) is 0 Å². The van der Waals surface area contributed by atoms with Gasteiger partial charge in [-0.05, 0) is 30.3 Å². The maximum Gasteiger partial charge on any atom is 0.292 e. The van der Waals surface area contributed by atoms with Gasteiger partial charge in [0.2, 0.25) is 5.91 Å². The number of carbonyl (C=O) groups is 2. The van der Waals surface area contributed by atoms with Crippen LogP contribution in [0.3, 0.4) is 0 Å². The average Bonchev–Trinajstić information content (AvgIpc) is 3.09. The molecule has 0 bridgehead atoms. The summed E-state index contributed by atoms with van der Waals surface area (Å²) in [5.41, 5.74) is 0.443. The van der Waals surface area contributed by atoms with Crippen molar-refractivity contribution in [3.05, 3.63) is 52.4 Å². The van der Waals surface area contributed by atoms with Crippen molar-refractivity contribution >= 4 is 40.7 Å². The Labute approximate surface area is 136 Å². The van der Waals surface area contributed by atoms with Crippen molar-refractivity contribution in [2.45, 2.75) is 19.0 Å². The number of carbonyl (C=O) groups excluding carboxylic acids is 2. The van der Waals surface area contributed by atoms with Crippen molar-refractivity contribution in [2.24, 2.45) is 0 Å². The van der Waals surface area contributed by atoms with Gasteiger partial charge in [0.15, 0.2) is 11.8 Å². The molecule has 2 aromatic rings. The van der Waals surface area contributed by atoms with Gasteiger partial charge in [-0.15, -0.1) is 0 Å². The molecule has 1 aliphatic rings. The number of amides is 2. The van der Waals surface area contributed by atoms with E-state index in [1.807, 2.05) is 6.07 Å². The van der Waals surface area contributed by atoms with E-state index >= 15 is 0 Å². The fourth-order valence-electron chi connectivity index (χ4n) is 2.42. The Balaban J connectivity index is 1.74. The van der Waals surface area contributed by atoms with E-state index in [0.29, 0.717) is 22.3 Å². The molecule has 22 heavy (non-hydrogen) atoms. The van der Waals surface area contributed by atoms with E-state index in [1.165, 1.54) is 6.07 Å². The van der Waals surface area contributed by atoms with Gasteiger partial charge in [0.25, 0.3) is 5.91 Å². The summed E-state index contributed by atoms with van der Waals surface area (Å²) >= 11 is 11.8. The lowest BCUT2D eigenvalue weighted by Gasteiger charge is -2.14. The summed E-state index contributed by atoms with van der Waals surface area (Å²) in [4.78, 5) is 25.7. The molecule has 7 heteroatoms. The van der Waals surface area contributed by atoms with Crippen molar-refractivity contribution in [3.63, 3.8) is 0 Å². The lowest BCUT2D eigenvalue weighted by atomic mass is 10.2. The number of hydrogen-bond donors (Lipinski definition) is 1. The number of anilines is 1. The smallest absolute Gasteiger partial charge is 0.292 e. The van der Waals surface area contributed by atoms with Crippen LogP contribution in [-0.2, 0) is 16.1 Å². The normalized spacial score (nSPS) is 18.3. The molecule has 1 saturated heterocycles. The molecule has 2 N–H and O–H groups in total. The Morgan fingerprint density at radius 2 is 2.05 bits per heavy atom. The molecule has 5 nitrogen and oxygen atoms in total. The van der Waals surface area contributed by atoms with Gasteiger partial charge in [-0.3, -0.25) is 9.59 Å². The zero-order chi connectivity index (χ0) is 15.7. The van der Waals surface area contributed by atoms with Crippen LogP contribution in [0.15, 0.2) is 41.0 Å². The molecule has 0 aliphatic carbocycles. The summed E-state index contributed by atoms with van der Waals surface area (Å²) < 4.78 is 5.22. The first-order valence-corrected chi connectivity index (χ1v) is 7.49. The number of benzene rings is 1. The molecule has 1 fully saturated rings. The van der Waals surface area contributed by atoms with E-state index in [1.54, 1.807) is 29.8 Å². The van der Waals surface area contributed by atoms with Gasteiger partial charge < -0.3 is 9.73 Å². The number of hydrogen-bond acceptors (Lipinski definition) is 3. The fraction of sp³-hybridized carbons (Fsp3) is 0.200. The molecule has 114 valence electrons. The summed E-state index contributed by atoms with van der Waals surface area (Å²) in [6.45, 7) is 0.506. The summed E-state index contributed by atoms with van der Waals surface area (Å²) in [6.07, 6.45) is 1.73. The number of imide groups is 1. The SMILES string of the molecule is O=C1CC([NH2+]Cc2ccco2)C(=O)N1c1ccc(Cl)c(Cl)c1.